The van der Waals surface area contributed by atoms with Crippen molar-refractivity contribution in [2.24, 2.45) is 0 Å². The molecular weight excluding hydrogens is 224 g/mol. The van der Waals surface area contributed by atoms with E-state index in [0.29, 0.717) is 12.0 Å². The van der Waals surface area contributed by atoms with E-state index < -0.39 is 0 Å². The van der Waals surface area contributed by atoms with Crippen LogP contribution in [0.25, 0.3) is 0 Å². The largest absolute Gasteiger partial charge is 0.333 e. The number of nitrogens with one attached hydrogen (secondary N) is 1. The fraction of sp³-hybridized carbons (Fsp3) is 0.786. The fourth-order valence-corrected chi connectivity index (χ4v) is 3.38. The first-order valence-electron chi connectivity index (χ1n) is 7.25. The maximum absolute atomic E-state index is 4.39. The van der Waals surface area contributed by atoms with Crippen molar-refractivity contribution in [3.63, 3.8) is 0 Å². The predicted octanol–water partition coefficient (Wildman–Crippen LogP) is 1.44. The van der Waals surface area contributed by atoms with Gasteiger partial charge in [0.05, 0.1) is 6.33 Å². The van der Waals surface area contributed by atoms with Gasteiger partial charge in [0.25, 0.3) is 0 Å². The molecule has 0 saturated carbocycles. The summed E-state index contributed by atoms with van der Waals surface area (Å²) >= 11 is 0. The van der Waals surface area contributed by atoms with Gasteiger partial charge in [0.2, 0.25) is 0 Å². The average Bonchev–Trinajstić information content (AvgIpc) is 3.01. The van der Waals surface area contributed by atoms with Gasteiger partial charge < -0.3 is 14.8 Å². The molecule has 4 nitrogen and oxygen atoms in total. The summed E-state index contributed by atoms with van der Waals surface area (Å²) in [7, 11) is 2.25. The lowest BCUT2D eigenvalue weighted by Gasteiger charge is -2.26. The molecule has 3 heterocycles. The van der Waals surface area contributed by atoms with E-state index >= 15 is 0 Å². The van der Waals surface area contributed by atoms with Crippen LogP contribution in [-0.4, -0.2) is 47.2 Å². The average molecular weight is 248 g/mol. The third kappa shape index (κ3) is 2.45. The minimum Gasteiger partial charge on any atom is -0.333 e. The highest BCUT2D eigenvalue weighted by molar-refractivity contribution is 5.08. The van der Waals surface area contributed by atoms with E-state index in [1.54, 1.807) is 0 Å². The molecule has 1 N–H and O–H groups in total. The third-order valence-corrected chi connectivity index (χ3v) is 4.58. The zero-order valence-corrected chi connectivity index (χ0v) is 11.3. The van der Waals surface area contributed by atoms with Crippen LogP contribution < -0.4 is 5.32 Å². The molecule has 18 heavy (non-hydrogen) atoms. The Morgan fingerprint density at radius 1 is 1.33 bits per heavy atom. The van der Waals surface area contributed by atoms with E-state index in [-0.39, 0.29) is 0 Å². The van der Waals surface area contributed by atoms with Crippen LogP contribution in [0.4, 0.5) is 0 Å². The summed E-state index contributed by atoms with van der Waals surface area (Å²) in [5.74, 6) is 0.709. The van der Waals surface area contributed by atoms with Crippen molar-refractivity contribution in [2.75, 3.05) is 26.7 Å². The van der Waals surface area contributed by atoms with Crippen molar-refractivity contribution < 1.29 is 0 Å². The quantitative estimate of drug-likeness (QED) is 0.879. The molecule has 3 rings (SSSR count). The SMILES string of the molecule is CN1CCCC1Cn1cncc1C1CCNCC1. The van der Waals surface area contributed by atoms with E-state index in [1.165, 1.54) is 37.9 Å². The molecule has 100 valence electrons. The van der Waals surface area contributed by atoms with Crippen molar-refractivity contribution in [3.8, 4) is 0 Å². The number of imidazole rings is 1. The molecule has 0 aromatic carbocycles. The van der Waals surface area contributed by atoms with Crippen LogP contribution >= 0.6 is 0 Å². The Labute approximate surface area is 109 Å². The van der Waals surface area contributed by atoms with Gasteiger partial charge in [-0.25, -0.2) is 4.98 Å². The van der Waals surface area contributed by atoms with Gasteiger partial charge in [-0.3, -0.25) is 0 Å². The number of piperidine rings is 1. The van der Waals surface area contributed by atoms with Gasteiger partial charge in [-0.1, -0.05) is 0 Å². The molecule has 2 aliphatic heterocycles. The van der Waals surface area contributed by atoms with E-state index in [0.717, 1.165) is 19.6 Å². The van der Waals surface area contributed by atoms with Crippen molar-refractivity contribution >= 4 is 0 Å². The highest BCUT2D eigenvalue weighted by atomic mass is 15.2. The molecule has 1 unspecified atom stereocenters. The van der Waals surface area contributed by atoms with Gasteiger partial charge in [-0.15, -0.1) is 0 Å². The van der Waals surface area contributed by atoms with E-state index in [1.807, 2.05) is 6.33 Å². The highest BCUT2D eigenvalue weighted by Gasteiger charge is 2.24. The molecule has 1 atom stereocenters. The Bertz CT molecular complexity index is 381. The van der Waals surface area contributed by atoms with Crippen molar-refractivity contribution in [1.82, 2.24) is 19.8 Å². The van der Waals surface area contributed by atoms with E-state index in [4.69, 9.17) is 0 Å². The first kappa shape index (κ1) is 12.2. The number of hydrogen-bond acceptors (Lipinski definition) is 3. The number of rotatable bonds is 3. The highest BCUT2D eigenvalue weighted by Crippen LogP contribution is 2.26. The molecule has 4 heteroatoms. The predicted molar refractivity (Wildman–Crippen MR) is 72.7 cm³/mol. The third-order valence-electron chi connectivity index (χ3n) is 4.58. The summed E-state index contributed by atoms with van der Waals surface area (Å²) in [6.45, 7) is 4.68. The van der Waals surface area contributed by atoms with Crippen LogP contribution in [0.5, 0.6) is 0 Å². The normalized spacial score (nSPS) is 26.8. The topological polar surface area (TPSA) is 33.1 Å². The molecule has 2 fully saturated rings. The smallest absolute Gasteiger partial charge is 0.0948 e. The van der Waals surface area contributed by atoms with Crippen LogP contribution in [0.3, 0.4) is 0 Å². The maximum atomic E-state index is 4.39. The number of hydrogen-bond donors (Lipinski definition) is 1. The summed E-state index contributed by atoms with van der Waals surface area (Å²) in [5.41, 5.74) is 1.46. The van der Waals surface area contributed by atoms with Crippen LogP contribution in [0, 0.1) is 0 Å². The fourth-order valence-electron chi connectivity index (χ4n) is 3.38. The lowest BCUT2D eigenvalue weighted by molar-refractivity contribution is 0.277. The van der Waals surface area contributed by atoms with Gasteiger partial charge in [0.15, 0.2) is 0 Å². The van der Waals surface area contributed by atoms with Gasteiger partial charge >= 0.3 is 0 Å². The van der Waals surface area contributed by atoms with Crippen molar-refractivity contribution in [1.29, 1.82) is 0 Å². The lowest BCUT2D eigenvalue weighted by Crippen LogP contribution is -2.31. The van der Waals surface area contributed by atoms with Crippen LogP contribution in [0.15, 0.2) is 12.5 Å². The zero-order chi connectivity index (χ0) is 12.4. The summed E-state index contributed by atoms with van der Waals surface area (Å²) in [6, 6.07) is 0.708. The molecule has 0 bridgehead atoms. The number of likely N-dealkylation sites (tertiary alicyclic amines) is 1. The summed E-state index contributed by atoms with van der Waals surface area (Å²) in [4.78, 5) is 6.88. The van der Waals surface area contributed by atoms with E-state index in [2.05, 4.69) is 33.0 Å². The second-order valence-electron chi connectivity index (χ2n) is 5.77. The first-order chi connectivity index (χ1) is 8.84. The van der Waals surface area contributed by atoms with Crippen LogP contribution in [-0.2, 0) is 6.54 Å². The second-order valence-corrected chi connectivity index (χ2v) is 5.77. The minimum absolute atomic E-state index is 0.708. The second kappa shape index (κ2) is 5.41. The summed E-state index contributed by atoms with van der Waals surface area (Å²) in [5, 5.41) is 3.44. The lowest BCUT2D eigenvalue weighted by atomic mass is 9.95. The Morgan fingerprint density at radius 2 is 2.17 bits per heavy atom. The van der Waals surface area contributed by atoms with Gasteiger partial charge in [0.1, 0.15) is 0 Å². The number of nitrogens with zero attached hydrogens (tertiary/aromatic N) is 3. The molecule has 0 amide bonds. The molecule has 2 saturated heterocycles. The van der Waals surface area contributed by atoms with Gasteiger partial charge in [-0.05, 0) is 52.4 Å². The van der Waals surface area contributed by atoms with Crippen molar-refractivity contribution in [2.45, 2.75) is 44.2 Å². The minimum atomic E-state index is 0.708. The monoisotopic (exact) mass is 248 g/mol. The van der Waals surface area contributed by atoms with E-state index in [9.17, 15) is 0 Å². The Morgan fingerprint density at radius 3 is 2.89 bits per heavy atom. The zero-order valence-electron chi connectivity index (χ0n) is 11.3. The van der Waals surface area contributed by atoms with Crippen molar-refractivity contribution in [3.05, 3.63) is 18.2 Å². The van der Waals surface area contributed by atoms with Crippen LogP contribution in [0.2, 0.25) is 0 Å². The summed E-state index contributed by atoms with van der Waals surface area (Å²) in [6.07, 6.45) is 9.31. The van der Waals surface area contributed by atoms with Gasteiger partial charge in [0, 0.05) is 30.4 Å². The first-order valence-corrected chi connectivity index (χ1v) is 7.25. The summed E-state index contributed by atoms with van der Waals surface area (Å²) < 4.78 is 2.41. The Kier molecular flexibility index (Phi) is 3.66. The Balaban J connectivity index is 1.70. The molecular formula is C14H24N4. The maximum Gasteiger partial charge on any atom is 0.0948 e. The number of aromatic nitrogens is 2. The Hall–Kier alpha value is -0.870. The molecule has 0 spiro atoms. The van der Waals surface area contributed by atoms with Crippen LogP contribution in [0.1, 0.15) is 37.3 Å². The number of likely N-dealkylation sites (N-methyl/N-ethyl adjacent to an activating group) is 1. The molecule has 2 aliphatic rings. The van der Waals surface area contributed by atoms with Gasteiger partial charge in [-0.2, -0.15) is 0 Å². The molecule has 1 aromatic heterocycles. The molecule has 0 aliphatic carbocycles. The molecule has 1 aromatic rings. The molecule has 0 radical (unpaired) electrons. The standard InChI is InChI=1S/C14H24N4/c1-17-8-2-3-13(17)10-18-11-16-9-14(18)12-4-6-15-7-5-12/h9,11-13,15H,2-8,10H2,1H3.